The van der Waals surface area contributed by atoms with Crippen LogP contribution in [-0.4, -0.2) is 63.0 Å². The van der Waals surface area contributed by atoms with Gasteiger partial charge in [0.05, 0.1) is 12.3 Å². The summed E-state index contributed by atoms with van der Waals surface area (Å²) in [6.07, 6.45) is 7.30. The molecule has 4 rings (SSSR count). The highest BCUT2D eigenvalue weighted by molar-refractivity contribution is 7.80. The third-order valence-electron chi connectivity index (χ3n) is 7.58. The van der Waals surface area contributed by atoms with Crippen LogP contribution in [0.1, 0.15) is 64.4 Å². The number of anilines is 1. The average Bonchev–Trinajstić information content (AvgIpc) is 2.89. The molecule has 1 saturated carbocycles. The van der Waals surface area contributed by atoms with Crippen LogP contribution in [0.25, 0.3) is 10.8 Å². The monoisotopic (exact) mass is 500 g/mol. The van der Waals surface area contributed by atoms with E-state index in [2.05, 4.69) is 24.0 Å². The van der Waals surface area contributed by atoms with E-state index in [0.29, 0.717) is 44.3 Å². The molecule has 1 unspecified atom stereocenters. The Labute approximate surface area is 211 Å². The zero-order valence-electron chi connectivity index (χ0n) is 21.0. The van der Waals surface area contributed by atoms with Crippen molar-refractivity contribution < 1.29 is 18.3 Å². The third kappa shape index (κ3) is 5.98. The van der Waals surface area contributed by atoms with Crippen molar-refractivity contribution in [3.63, 3.8) is 0 Å². The van der Waals surface area contributed by atoms with Crippen molar-refractivity contribution in [3.05, 3.63) is 42.0 Å². The van der Waals surface area contributed by atoms with Crippen molar-refractivity contribution in [1.82, 2.24) is 9.80 Å². The van der Waals surface area contributed by atoms with Crippen LogP contribution in [0.3, 0.4) is 0 Å². The lowest BCUT2D eigenvalue weighted by Gasteiger charge is -2.40. The fourth-order valence-electron chi connectivity index (χ4n) is 5.74. The van der Waals surface area contributed by atoms with Crippen LogP contribution in [-0.2, 0) is 22.5 Å². The number of hydrogen-bond acceptors (Lipinski definition) is 5. The molecule has 192 valence electrons. The number of piperidine rings is 1. The van der Waals surface area contributed by atoms with Gasteiger partial charge in [-0.25, -0.2) is 4.79 Å². The lowest BCUT2D eigenvalue weighted by atomic mass is 9.93. The Morgan fingerprint density at radius 1 is 1.00 bits per heavy atom. The summed E-state index contributed by atoms with van der Waals surface area (Å²) in [4.78, 5) is 16.3. The fourth-order valence-corrected chi connectivity index (χ4v) is 6.51. The van der Waals surface area contributed by atoms with Crippen molar-refractivity contribution in [2.45, 2.75) is 77.4 Å². The number of amides is 1. The molecule has 7 nitrogen and oxygen atoms in total. The molecule has 2 aromatic rings. The second-order valence-corrected chi connectivity index (χ2v) is 10.4. The van der Waals surface area contributed by atoms with Crippen molar-refractivity contribution in [2.75, 3.05) is 30.5 Å². The predicted octanol–water partition coefficient (Wildman–Crippen LogP) is 5.22. The van der Waals surface area contributed by atoms with E-state index in [-0.39, 0.29) is 12.1 Å². The van der Waals surface area contributed by atoms with Crippen LogP contribution in [0.4, 0.5) is 10.5 Å². The summed E-state index contributed by atoms with van der Waals surface area (Å²) in [6, 6.07) is 12.7. The van der Waals surface area contributed by atoms with Gasteiger partial charge in [0, 0.05) is 48.4 Å². The predicted molar refractivity (Wildman–Crippen MR) is 140 cm³/mol. The van der Waals surface area contributed by atoms with Crippen LogP contribution < -0.4 is 4.31 Å². The molecular formula is C27H38N3O4S-. The van der Waals surface area contributed by atoms with Crippen molar-refractivity contribution in [3.8, 4) is 0 Å². The number of fused-ring (bicyclic) bond motifs is 1. The van der Waals surface area contributed by atoms with E-state index in [1.54, 1.807) is 11.8 Å². The summed E-state index contributed by atoms with van der Waals surface area (Å²) in [5.41, 5.74) is 1.96. The highest BCUT2D eigenvalue weighted by Crippen LogP contribution is 2.35. The number of nitrogens with zero attached hydrogens (tertiary/aromatic N) is 3. The third-order valence-corrected chi connectivity index (χ3v) is 8.40. The van der Waals surface area contributed by atoms with E-state index in [1.165, 1.54) is 42.0 Å². The number of likely N-dealkylation sites (tertiary alicyclic amines) is 1. The van der Waals surface area contributed by atoms with Gasteiger partial charge in [0.15, 0.2) is 0 Å². The van der Waals surface area contributed by atoms with E-state index < -0.39 is 11.3 Å². The molecule has 0 aromatic heterocycles. The Morgan fingerprint density at radius 3 is 2.31 bits per heavy atom. The topological polar surface area (TPSA) is 76.2 Å². The van der Waals surface area contributed by atoms with Crippen LogP contribution in [0, 0.1) is 0 Å². The first-order valence-corrected chi connectivity index (χ1v) is 14.1. The molecule has 1 amide bonds. The van der Waals surface area contributed by atoms with Crippen LogP contribution >= 0.6 is 0 Å². The summed E-state index contributed by atoms with van der Waals surface area (Å²) in [5, 5.41) is 2.07. The molecule has 2 fully saturated rings. The normalized spacial score (nSPS) is 18.7. The molecule has 8 heteroatoms. The zero-order chi connectivity index (χ0) is 24.8. The first-order valence-electron chi connectivity index (χ1n) is 13.1. The first-order chi connectivity index (χ1) is 17.0. The van der Waals surface area contributed by atoms with Crippen molar-refractivity contribution in [1.29, 1.82) is 0 Å². The van der Waals surface area contributed by atoms with Gasteiger partial charge in [-0.15, -0.1) is 0 Å². The van der Waals surface area contributed by atoms with Gasteiger partial charge in [0.1, 0.15) is 0 Å². The van der Waals surface area contributed by atoms with Crippen LogP contribution in [0.2, 0.25) is 0 Å². The average molecular weight is 501 g/mol. The standard InChI is InChI=1S/C27H39N3O4S/c1-3-28(22-10-6-5-7-11-22)20-21-14-15-26(25-13-9-8-12-24(21)25)30(35(32)33)23-16-18-29(19-17-23)27(31)34-4-2/h8-9,12-15,22-23H,3-7,10-11,16-20H2,1-2H3,(H,32,33)/p-1. The molecule has 2 aromatic carbocycles. The van der Waals surface area contributed by atoms with Gasteiger partial charge in [0.2, 0.25) is 0 Å². The number of hydrogen-bond donors (Lipinski definition) is 0. The number of ether oxygens (including phenoxy) is 1. The maximum Gasteiger partial charge on any atom is 0.409 e. The minimum atomic E-state index is -2.42. The second-order valence-electron chi connectivity index (χ2n) is 9.60. The summed E-state index contributed by atoms with van der Waals surface area (Å²) in [5.74, 6) is 0. The Kier molecular flexibility index (Phi) is 9.03. The highest BCUT2D eigenvalue weighted by atomic mass is 32.2. The molecule has 1 atom stereocenters. The highest BCUT2D eigenvalue weighted by Gasteiger charge is 2.30. The van der Waals surface area contributed by atoms with Gasteiger partial charge in [0.25, 0.3) is 0 Å². The molecular weight excluding hydrogens is 462 g/mol. The Bertz CT molecular complexity index is 1020. The van der Waals surface area contributed by atoms with Gasteiger partial charge in [-0.05, 0) is 56.2 Å². The van der Waals surface area contributed by atoms with E-state index in [4.69, 9.17) is 4.74 Å². The SMILES string of the molecule is CCOC(=O)N1CCC(N(c2ccc(CN(CC)C3CCCCC3)c3ccccc23)S(=O)[O-])CC1. The zero-order valence-corrected chi connectivity index (χ0v) is 21.8. The lowest BCUT2D eigenvalue weighted by Crippen LogP contribution is -2.47. The smallest absolute Gasteiger partial charge is 0.409 e. The summed E-state index contributed by atoms with van der Waals surface area (Å²) in [7, 11) is 0. The second kappa shape index (κ2) is 12.2. The Hall–Kier alpha value is -2.16. The van der Waals surface area contributed by atoms with E-state index >= 15 is 0 Å². The van der Waals surface area contributed by atoms with Gasteiger partial charge >= 0.3 is 6.09 Å². The van der Waals surface area contributed by atoms with E-state index in [0.717, 1.165) is 23.9 Å². The number of rotatable bonds is 8. The molecule has 1 saturated heterocycles. The largest absolute Gasteiger partial charge is 0.755 e. The molecule has 0 N–H and O–H groups in total. The van der Waals surface area contributed by atoms with Crippen molar-refractivity contribution in [2.24, 2.45) is 0 Å². The lowest BCUT2D eigenvalue weighted by molar-refractivity contribution is 0.0976. The Morgan fingerprint density at radius 2 is 1.69 bits per heavy atom. The van der Waals surface area contributed by atoms with Gasteiger partial charge < -0.3 is 14.2 Å². The first kappa shape index (κ1) is 25.9. The maximum atomic E-state index is 12.5. The van der Waals surface area contributed by atoms with E-state index in [9.17, 15) is 13.6 Å². The quantitative estimate of drug-likeness (QED) is 0.465. The maximum absolute atomic E-state index is 12.5. The molecule has 2 aliphatic rings. The number of carbonyl (C=O) groups excluding carboxylic acids is 1. The van der Waals surface area contributed by atoms with Gasteiger partial charge in [-0.3, -0.25) is 13.4 Å². The molecule has 1 aliphatic carbocycles. The number of benzene rings is 2. The molecule has 0 radical (unpaired) electrons. The minimum Gasteiger partial charge on any atom is -0.755 e. The van der Waals surface area contributed by atoms with Crippen molar-refractivity contribution >= 4 is 33.8 Å². The van der Waals surface area contributed by atoms with E-state index in [1.807, 2.05) is 24.3 Å². The molecule has 1 heterocycles. The van der Waals surface area contributed by atoms with Crippen LogP contribution in [0.15, 0.2) is 36.4 Å². The Balaban J connectivity index is 1.59. The summed E-state index contributed by atoms with van der Waals surface area (Å²) >= 11 is -2.42. The summed E-state index contributed by atoms with van der Waals surface area (Å²) in [6.45, 7) is 7.22. The molecule has 0 bridgehead atoms. The molecule has 0 spiro atoms. The van der Waals surface area contributed by atoms with Crippen LogP contribution in [0.5, 0.6) is 0 Å². The molecule has 1 aliphatic heterocycles. The summed E-state index contributed by atoms with van der Waals surface area (Å²) < 4.78 is 31.6. The molecule has 35 heavy (non-hydrogen) atoms. The number of carbonyl (C=O) groups is 1. The van der Waals surface area contributed by atoms with Gasteiger partial charge in [-0.2, -0.15) is 0 Å². The fraction of sp³-hybridized carbons (Fsp3) is 0.593. The minimum absolute atomic E-state index is 0.192. The van der Waals surface area contributed by atoms with Gasteiger partial charge in [-0.1, -0.05) is 56.5 Å².